The summed E-state index contributed by atoms with van der Waals surface area (Å²) in [5.41, 5.74) is 27.6. The molecule has 254 valence electrons. The summed E-state index contributed by atoms with van der Waals surface area (Å²) in [4.78, 5) is 0. The van der Waals surface area contributed by atoms with Crippen LogP contribution < -0.4 is 20.9 Å². The van der Waals surface area contributed by atoms with Crippen LogP contribution in [0.5, 0.6) is 23.0 Å². The van der Waals surface area contributed by atoms with Gasteiger partial charge in [-0.15, -0.1) is 0 Å². The highest BCUT2D eigenvalue weighted by Gasteiger charge is 2.24. The molecule has 0 heterocycles. The second kappa shape index (κ2) is 13.6. The smallest absolute Gasteiger partial charge is 0.135 e. The van der Waals surface area contributed by atoms with Crippen LogP contribution in [0.25, 0.3) is 55.6 Å². The summed E-state index contributed by atoms with van der Waals surface area (Å²) in [6.45, 7) is 0. The number of nitrogens with two attached hydrogens (primary N) is 2. The predicted molar refractivity (Wildman–Crippen MR) is 218 cm³/mol. The quantitative estimate of drug-likeness (QED) is 0.156. The molecule has 0 radical (unpaired) electrons. The van der Waals surface area contributed by atoms with Gasteiger partial charge in [0.05, 0.1) is 0 Å². The molecule has 8 aromatic rings. The van der Waals surface area contributed by atoms with Gasteiger partial charge in [0.15, 0.2) is 0 Å². The van der Waals surface area contributed by atoms with Crippen molar-refractivity contribution in [3.8, 4) is 78.6 Å². The molecule has 0 atom stereocenters. The average molecular weight is 685 g/mol. The first-order valence-corrected chi connectivity index (χ1v) is 17.8. The fourth-order valence-corrected chi connectivity index (χ4v) is 7.34. The Morgan fingerprint density at radius 2 is 0.755 bits per heavy atom. The highest BCUT2D eigenvalue weighted by Crippen LogP contribution is 2.47. The molecule has 0 fully saturated rings. The SMILES string of the molecule is Nc1ccc(Oc2ccccc2-c2ccc(-c3ccc4c(c3-c3ccc(-c5ccccc5Oc5ccc(N)cc5)cc3)Cc3ccccc3-4)cc2)cc1. The van der Waals surface area contributed by atoms with Gasteiger partial charge in [-0.2, -0.15) is 0 Å². The fraction of sp³-hybridized carbons (Fsp3) is 0.0204. The Bertz CT molecular complexity index is 2570. The number of fused-ring (bicyclic) bond motifs is 3. The van der Waals surface area contributed by atoms with Crippen molar-refractivity contribution in [1.82, 2.24) is 0 Å². The second-order valence-corrected chi connectivity index (χ2v) is 13.3. The Labute approximate surface area is 309 Å². The first-order valence-electron chi connectivity index (χ1n) is 17.8. The lowest BCUT2D eigenvalue weighted by Gasteiger charge is -2.18. The molecule has 0 aromatic heterocycles. The van der Waals surface area contributed by atoms with E-state index in [9.17, 15) is 0 Å². The molecule has 4 nitrogen and oxygen atoms in total. The van der Waals surface area contributed by atoms with Crippen molar-refractivity contribution in [3.63, 3.8) is 0 Å². The molecule has 1 aliphatic rings. The van der Waals surface area contributed by atoms with Gasteiger partial charge >= 0.3 is 0 Å². The van der Waals surface area contributed by atoms with Crippen molar-refractivity contribution in [2.45, 2.75) is 6.42 Å². The van der Waals surface area contributed by atoms with Crippen molar-refractivity contribution in [1.29, 1.82) is 0 Å². The number of anilines is 2. The van der Waals surface area contributed by atoms with Crippen LogP contribution in [0.3, 0.4) is 0 Å². The number of hydrogen-bond acceptors (Lipinski definition) is 4. The number of benzene rings is 8. The molecule has 4 heteroatoms. The summed E-state index contributed by atoms with van der Waals surface area (Å²) in [6, 6.07) is 62.3. The van der Waals surface area contributed by atoms with Crippen LogP contribution in [0.1, 0.15) is 11.1 Å². The third-order valence-corrected chi connectivity index (χ3v) is 9.97. The molecular formula is C49H36N2O2. The first-order chi connectivity index (χ1) is 26.1. The van der Waals surface area contributed by atoms with E-state index in [1.165, 1.54) is 38.9 Å². The molecule has 0 amide bonds. The van der Waals surface area contributed by atoms with Crippen LogP contribution in [0.2, 0.25) is 0 Å². The van der Waals surface area contributed by atoms with Crippen LogP contribution in [0, 0.1) is 0 Å². The number of hydrogen-bond donors (Lipinski definition) is 2. The Hall–Kier alpha value is -7.04. The third kappa shape index (κ3) is 6.28. The van der Waals surface area contributed by atoms with Gasteiger partial charge in [-0.25, -0.2) is 0 Å². The standard InChI is InChI=1S/C49H36N2O2/c50-37-21-25-39(26-22-37)52-47-11-5-3-9-42(47)32-13-15-34(16-14-32)44-29-30-45-41-8-2-1-7-36(41)31-46(45)49(44)35-19-17-33(18-20-35)43-10-4-6-12-48(43)53-40-27-23-38(51)24-28-40/h1-30H,31,50-51H2. The lowest BCUT2D eigenvalue weighted by atomic mass is 9.87. The largest absolute Gasteiger partial charge is 0.457 e. The van der Waals surface area contributed by atoms with Crippen LogP contribution in [-0.2, 0) is 6.42 Å². The maximum absolute atomic E-state index is 6.32. The van der Waals surface area contributed by atoms with E-state index in [0.717, 1.165) is 57.2 Å². The van der Waals surface area contributed by atoms with E-state index in [-0.39, 0.29) is 0 Å². The molecule has 8 aromatic carbocycles. The lowest BCUT2D eigenvalue weighted by molar-refractivity contribution is 0.484. The van der Waals surface area contributed by atoms with E-state index >= 15 is 0 Å². The molecule has 53 heavy (non-hydrogen) atoms. The zero-order chi connectivity index (χ0) is 35.7. The lowest BCUT2D eigenvalue weighted by Crippen LogP contribution is -1.94. The Kier molecular flexibility index (Phi) is 8.18. The molecule has 0 saturated heterocycles. The van der Waals surface area contributed by atoms with E-state index < -0.39 is 0 Å². The van der Waals surface area contributed by atoms with Gasteiger partial charge in [0.25, 0.3) is 0 Å². The first kappa shape index (κ1) is 31.9. The van der Waals surface area contributed by atoms with Crippen molar-refractivity contribution in [3.05, 3.63) is 193 Å². The highest BCUT2D eigenvalue weighted by atomic mass is 16.5. The van der Waals surface area contributed by atoms with Gasteiger partial charge in [-0.1, -0.05) is 121 Å². The van der Waals surface area contributed by atoms with Gasteiger partial charge < -0.3 is 20.9 Å². The van der Waals surface area contributed by atoms with Crippen molar-refractivity contribution in [2.75, 3.05) is 11.5 Å². The maximum Gasteiger partial charge on any atom is 0.135 e. The summed E-state index contributed by atoms with van der Waals surface area (Å²) in [7, 11) is 0. The molecule has 0 unspecified atom stereocenters. The van der Waals surface area contributed by atoms with Gasteiger partial charge in [0.2, 0.25) is 0 Å². The van der Waals surface area contributed by atoms with Crippen LogP contribution >= 0.6 is 0 Å². The van der Waals surface area contributed by atoms with Crippen LogP contribution in [-0.4, -0.2) is 0 Å². The van der Waals surface area contributed by atoms with E-state index in [1.54, 1.807) is 0 Å². The normalized spacial score (nSPS) is 11.5. The van der Waals surface area contributed by atoms with E-state index in [4.69, 9.17) is 20.9 Å². The minimum absolute atomic E-state index is 0.706. The van der Waals surface area contributed by atoms with Gasteiger partial charge in [0.1, 0.15) is 23.0 Å². The van der Waals surface area contributed by atoms with Crippen LogP contribution in [0.4, 0.5) is 11.4 Å². The molecule has 0 bridgehead atoms. The summed E-state index contributed by atoms with van der Waals surface area (Å²) >= 11 is 0. The highest BCUT2D eigenvalue weighted by molar-refractivity contribution is 5.94. The predicted octanol–water partition coefficient (Wildman–Crippen LogP) is 12.7. The number of para-hydroxylation sites is 2. The second-order valence-electron chi connectivity index (χ2n) is 13.3. The summed E-state index contributed by atoms with van der Waals surface area (Å²) in [6.07, 6.45) is 0.891. The summed E-state index contributed by atoms with van der Waals surface area (Å²) < 4.78 is 12.6. The molecule has 4 N–H and O–H groups in total. The molecule has 0 aliphatic heterocycles. The Balaban J connectivity index is 1.09. The van der Waals surface area contributed by atoms with Gasteiger partial charge in [-0.3, -0.25) is 0 Å². The minimum atomic E-state index is 0.706. The van der Waals surface area contributed by atoms with Crippen molar-refractivity contribution >= 4 is 11.4 Å². The van der Waals surface area contributed by atoms with Gasteiger partial charge in [-0.05, 0) is 123 Å². The third-order valence-electron chi connectivity index (χ3n) is 9.97. The summed E-state index contributed by atoms with van der Waals surface area (Å²) in [5.74, 6) is 3.08. The summed E-state index contributed by atoms with van der Waals surface area (Å²) in [5, 5.41) is 0. The van der Waals surface area contributed by atoms with E-state index in [0.29, 0.717) is 11.4 Å². The van der Waals surface area contributed by atoms with Crippen molar-refractivity contribution in [2.24, 2.45) is 0 Å². The molecule has 1 aliphatic carbocycles. The Morgan fingerprint density at radius 1 is 0.340 bits per heavy atom. The molecular weight excluding hydrogens is 649 g/mol. The Morgan fingerprint density at radius 3 is 1.28 bits per heavy atom. The topological polar surface area (TPSA) is 70.5 Å². The minimum Gasteiger partial charge on any atom is -0.457 e. The van der Waals surface area contributed by atoms with Crippen LogP contribution in [0.15, 0.2) is 182 Å². The average Bonchev–Trinajstić information content (AvgIpc) is 3.59. The van der Waals surface area contributed by atoms with Crippen molar-refractivity contribution < 1.29 is 9.47 Å². The zero-order valence-corrected chi connectivity index (χ0v) is 29.0. The molecule has 9 rings (SSSR count). The number of nitrogen functional groups attached to an aromatic ring is 2. The maximum atomic E-state index is 6.32. The van der Waals surface area contributed by atoms with Gasteiger partial charge in [0, 0.05) is 22.5 Å². The van der Waals surface area contributed by atoms with E-state index in [2.05, 4.69) is 97.1 Å². The molecule has 0 spiro atoms. The monoisotopic (exact) mass is 684 g/mol. The zero-order valence-electron chi connectivity index (χ0n) is 29.0. The number of ether oxygens (including phenoxy) is 2. The van der Waals surface area contributed by atoms with E-state index in [1.807, 2.05) is 84.9 Å². The number of rotatable bonds is 8. The fourth-order valence-electron chi connectivity index (χ4n) is 7.34. The molecule has 0 saturated carbocycles.